The molecule has 0 radical (unpaired) electrons. The highest BCUT2D eigenvalue weighted by atomic mass is 19.1. The minimum absolute atomic E-state index is 0.0736. The number of β-amino-alcohol motifs (C(OH)–C–C–N with tert-alkyl or cyclic N) is 1. The summed E-state index contributed by atoms with van der Waals surface area (Å²) < 4.78 is 18.4. The van der Waals surface area contributed by atoms with Gasteiger partial charge in [-0.15, -0.1) is 0 Å². The van der Waals surface area contributed by atoms with Crippen molar-refractivity contribution >= 4 is 11.8 Å². The highest BCUT2D eigenvalue weighted by Gasteiger charge is 2.40. The van der Waals surface area contributed by atoms with E-state index in [1.165, 1.54) is 30.2 Å². The summed E-state index contributed by atoms with van der Waals surface area (Å²) in [7, 11) is 1.44. The first-order chi connectivity index (χ1) is 10.4. The van der Waals surface area contributed by atoms with Crippen LogP contribution >= 0.6 is 0 Å². The summed E-state index contributed by atoms with van der Waals surface area (Å²) in [5.41, 5.74) is 3.91. The SMILES string of the molecule is COc1ccc(F)cc1CC(=O)N1CCCC(O)(C(N)=O)C1. The summed E-state index contributed by atoms with van der Waals surface area (Å²) in [5.74, 6) is -1.20. The number of carbonyl (C=O) groups excluding carboxylic acids is 2. The molecule has 22 heavy (non-hydrogen) atoms. The Morgan fingerprint density at radius 3 is 2.86 bits per heavy atom. The van der Waals surface area contributed by atoms with Crippen molar-refractivity contribution < 1.29 is 23.8 Å². The first-order valence-corrected chi connectivity index (χ1v) is 6.98. The zero-order valence-corrected chi connectivity index (χ0v) is 12.3. The third kappa shape index (κ3) is 3.36. The molecule has 1 saturated heterocycles. The lowest BCUT2D eigenvalue weighted by Gasteiger charge is -2.37. The van der Waals surface area contributed by atoms with Crippen LogP contribution in [0, 0.1) is 5.82 Å². The zero-order valence-electron chi connectivity index (χ0n) is 12.3. The summed E-state index contributed by atoms with van der Waals surface area (Å²) >= 11 is 0. The molecule has 2 rings (SSSR count). The maximum absolute atomic E-state index is 13.3. The van der Waals surface area contributed by atoms with Gasteiger partial charge in [-0.1, -0.05) is 0 Å². The van der Waals surface area contributed by atoms with E-state index in [1.54, 1.807) is 0 Å². The van der Waals surface area contributed by atoms with Gasteiger partial charge in [0.1, 0.15) is 11.6 Å². The van der Waals surface area contributed by atoms with Crippen LogP contribution in [0.4, 0.5) is 4.39 Å². The van der Waals surface area contributed by atoms with Gasteiger partial charge in [-0.3, -0.25) is 9.59 Å². The molecule has 6 nitrogen and oxygen atoms in total. The summed E-state index contributed by atoms with van der Waals surface area (Å²) in [4.78, 5) is 25.0. The number of carbonyl (C=O) groups is 2. The highest BCUT2D eigenvalue weighted by molar-refractivity contribution is 5.85. The Labute approximate surface area is 127 Å². The fraction of sp³-hybridized carbons (Fsp3) is 0.467. The number of nitrogens with two attached hydrogens (primary N) is 1. The molecule has 0 bridgehead atoms. The second-order valence-corrected chi connectivity index (χ2v) is 5.45. The Balaban J connectivity index is 2.12. The maximum Gasteiger partial charge on any atom is 0.251 e. The number of piperidine rings is 1. The molecule has 1 unspecified atom stereocenters. The van der Waals surface area contributed by atoms with Crippen LogP contribution in [0.2, 0.25) is 0 Å². The summed E-state index contributed by atoms with van der Waals surface area (Å²) in [5, 5.41) is 10.1. The van der Waals surface area contributed by atoms with E-state index < -0.39 is 17.3 Å². The minimum atomic E-state index is -1.69. The number of primary amides is 1. The van der Waals surface area contributed by atoms with E-state index in [-0.39, 0.29) is 25.3 Å². The van der Waals surface area contributed by atoms with Gasteiger partial charge in [0.05, 0.1) is 20.1 Å². The van der Waals surface area contributed by atoms with E-state index in [0.717, 1.165) is 0 Å². The molecular formula is C15H19FN2O4. The number of nitrogens with zero attached hydrogens (tertiary/aromatic N) is 1. The molecule has 2 amide bonds. The normalized spacial score (nSPS) is 21.5. The number of methoxy groups -OCH3 is 1. The molecule has 7 heteroatoms. The van der Waals surface area contributed by atoms with Crippen molar-refractivity contribution in [2.24, 2.45) is 5.73 Å². The van der Waals surface area contributed by atoms with E-state index in [9.17, 15) is 19.1 Å². The number of ether oxygens (including phenoxy) is 1. The van der Waals surface area contributed by atoms with Crippen molar-refractivity contribution in [1.82, 2.24) is 4.90 Å². The van der Waals surface area contributed by atoms with E-state index in [0.29, 0.717) is 24.3 Å². The molecule has 1 heterocycles. The Kier molecular flexibility index (Phi) is 4.65. The van der Waals surface area contributed by atoms with Crippen LogP contribution in [0.3, 0.4) is 0 Å². The summed E-state index contributed by atoms with van der Waals surface area (Å²) in [6, 6.07) is 3.94. The first-order valence-electron chi connectivity index (χ1n) is 6.98. The average molecular weight is 310 g/mol. The van der Waals surface area contributed by atoms with E-state index in [4.69, 9.17) is 10.5 Å². The van der Waals surface area contributed by atoms with Crippen LogP contribution in [0.15, 0.2) is 18.2 Å². The minimum Gasteiger partial charge on any atom is -0.496 e. The van der Waals surface area contributed by atoms with Gasteiger partial charge in [0, 0.05) is 12.1 Å². The van der Waals surface area contributed by atoms with Crippen LogP contribution in [0.5, 0.6) is 5.75 Å². The van der Waals surface area contributed by atoms with Crippen molar-refractivity contribution in [3.63, 3.8) is 0 Å². The molecule has 1 aliphatic rings. The monoisotopic (exact) mass is 310 g/mol. The molecule has 120 valence electrons. The van der Waals surface area contributed by atoms with Gasteiger partial charge in [0.15, 0.2) is 5.60 Å². The molecule has 0 aromatic heterocycles. The predicted octanol–water partition coefficient (Wildman–Crippen LogP) is 0.216. The van der Waals surface area contributed by atoms with Crippen LogP contribution in [0.1, 0.15) is 18.4 Å². The number of benzene rings is 1. The quantitative estimate of drug-likeness (QED) is 0.832. The Morgan fingerprint density at radius 2 is 2.23 bits per heavy atom. The molecule has 1 aromatic carbocycles. The lowest BCUT2D eigenvalue weighted by molar-refractivity contribution is -0.148. The molecule has 1 fully saturated rings. The fourth-order valence-corrected chi connectivity index (χ4v) is 2.61. The molecule has 0 aliphatic carbocycles. The molecule has 3 N–H and O–H groups in total. The first kappa shape index (κ1) is 16.2. The number of likely N-dealkylation sites (tertiary alicyclic amines) is 1. The van der Waals surface area contributed by atoms with Crippen LogP contribution in [-0.4, -0.2) is 47.6 Å². The van der Waals surface area contributed by atoms with Crippen LogP contribution < -0.4 is 10.5 Å². The summed E-state index contributed by atoms with van der Waals surface area (Å²) in [6.45, 7) is 0.283. The van der Waals surface area contributed by atoms with Crippen LogP contribution in [0.25, 0.3) is 0 Å². The second kappa shape index (κ2) is 6.31. The number of aliphatic hydroxyl groups is 1. The largest absolute Gasteiger partial charge is 0.496 e. The number of rotatable bonds is 4. The standard InChI is InChI=1S/C15H19FN2O4/c1-22-12-4-3-11(16)7-10(12)8-13(19)18-6-2-5-15(21,9-18)14(17)20/h3-4,7,21H,2,5-6,8-9H2,1H3,(H2,17,20). The van der Waals surface area contributed by atoms with Crippen LogP contribution in [-0.2, 0) is 16.0 Å². The van der Waals surface area contributed by atoms with Gasteiger partial charge in [0.2, 0.25) is 5.91 Å². The molecule has 1 atom stereocenters. The topological polar surface area (TPSA) is 92.9 Å². The number of amides is 2. The van der Waals surface area contributed by atoms with Gasteiger partial charge in [0.25, 0.3) is 5.91 Å². The second-order valence-electron chi connectivity index (χ2n) is 5.45. The van der Waals surface area contributed by atoms with Gasteiger partial charge in [-0.05, 0) is 31.0 Å². The van der Waals surface area contributed by atoms with Crippen molar-refractivity contribution in [1.29, 1.82) is 0 Å². The summed E-state index contributed by atoms with van der Waals surface area (Å²) in [6.07, 6.45) is 0.636. The third-order valence-corrected chi connectivity index (χ3v) is 3.87. The number of hydrogen-bond donors (Lipinski definition) is 2. The lowest BCUT2D eigenvalue weighted by atomic mass is 9.92. The van der Waals surface area contributed by atoms with Crippen molar-refractivity contribution in [3.8, 4) is 5.75 Å². The third-order valence-electron chi connectivity index (χ3n) is 3.87. The van der Waals surface area contributed by atoms with Gasteiger partial charge < -0.3 is 20.5 Å². The Hall–Kier alpha value is -2.15. The fourth-order valence-electron chi connectivity index (χ4n) is 2.61. The molecule has 0 spiro atoms. The van der Waals surface area contributed by atoms with Crippen molar-refractivity contribution in [2.75, 3.05) is 20.2 Å². The van der Waals surface area contributed by atoms with Gasteiger partial charge in [-0.25, -0.2) is 4.39 Å². The Bertz CT molecular complexity index is 593. The number of halogens is 1. The van der Waals surface area contributed by atoms with Gasteiger partial charge >= 0.3 is 0 Å². The highest BCUT2D eigenvalue weighted by Crippen LogP contribution is 2.24. The van der Waals surface area contributed by atoms with E-state index >= 15 is 0 Å². The molecular weight excluding hydrogens is 291 g/mol. The van der Waals surface area contributed by atoms with E-state index in [1.807, 2.05) is 0 Å². The van der Waals surface area contributed by atoms with Crippen molar-refractivity contribution in [3.05, 3.63) is 29.6 Å². The average Bonchev–Trinajstić information content (AvgIpc) is 2.47. The molecule has 1 aliphatic heterocycles. The van der Waals surface area contributed by atoms with Gasteiger partial charge in [-0.2, -0.15) is 0 Å². The number of hydrogen-bond acceptors (Lipinski definition) is 4. The van der Waals surface area contributed by atoms with E-state index in [2.05, 4.69) is 0 Å². The molecule has 1 aromatic rings. The lowest BCUT2D eigenvalue weighted by Crippen LogP contribution is -2.57. The van der Waals surface area contributed by atoms with Crippen molar-refractivity contribution in [2.45, 2.75) is 24.9 Å². The Morgan fingerprint density at radius 1 is 1.50 bits per heavy atom. The zero-order chi connectivity index (χ0) is 16.3. The predicted molar refractivity (Wildman–Crippen MR) is 76.6 cm³/mol. The smallest absolute Gasteiger partial charge is 0.251 e. The molecule has 0 saturated carbocycles. The maximum atomic E-state index is 13.3.